The van der Waals surface area contributed by atoms with E-state index in [1.807, 2.05) is 0 Å². The Labute approximate surface area is 145 Å². The molecule has 0 fully saturated rings. The van der Waals surface area contributed by atoms with Crippen LogP contribution >= 0.6 is 0 Å². The fourth-order valence-corrected chi connectivity index (χ4v) is 3.30. The van der Waals surface area contributed by atoms with Crippen molar-refractivity contribution < 1.29 is 4.74 Å². The van der Waals surface area contributed by atoms with Gasteiger partial charge in [0.15, 0.2) is 0 Å². The molecule has 0 N–H and O–H groups in total. The number of hydrogen-bond acceptors (Lipinski definition) is 1. The van der Waals surface area contributed by atoms with Gasteiger partial charge >= 0.3 is 0 Å². The summed E-state index contributed by atoms with van der Waals surface area (Å²) in [6.07, 6.45) is 7.50. The zero-order chi connectivity index (χ0) is 16.6. The Balaban J connectivity index is 1.40. The lowest BCUT2D eigenvalue weighted by atomic mass is 9.99. The second-order valence-corrected chi connectivity index (χ2v) is 6.40. The number of methoxy groups -OCH3 is 1. The van der Waals surface area contributed by atoms with Crippen LogP contribution in [0.3, 0.4) is 0 Å². The number of ether oxygens (including phenoxy) is 1. The summed E-state index contributed by atoms with van der Waals surface area (Å²) in [7, 11) is 1.71. The Morgan fingerprint density at radius 1 is 0.667 bits per heavy atom. The minimum atomic E-state index is 0.939. The number of benzene rings is 3. The zero-order valence-electron chi connectivity index (χ0n) is 14.5. The monoisotopic (exact) mass is 318 g/mol. The summed E-state index contributed by atoms with van der Waals surface area (Å²) in [6.45, 7) is 0. The van der Waals surface area contributed by atoms with E-state index in [1.54, 1.807) is 7.11 Å². The molecule has 24 heavy (non-hydrogen) atoms. The Morgan fingerprint density at radius 3 is 2.17 bits per heavy atom. The average molecular weight is 318 g/mol. The lowest BCUT2D eigenvalue weighted by Gasteiger charge is -2.07. The standard InChI is InChI=1S/C23H26O/c1-24-22-17-15-19(16-18-22)9-4-2-3-5-10-20-12-8-13-21-11-6-7-14-23(20)21/h6-8,11-18H,2-5,9-10H2,1H3. The SMILES string of the molecule is COc1ccc(CCCCCCc2cccc3ccccc23)cc1. The van der Waals surface area contributed by atoms with Crippen molar-refractivity contribution in [1.82, 2.24) is 0 Å². The highest BCUT2D eigenvalue weighted by atomic mass is 16.5. The molecule has 0 saturated carbocycles. The molecule has 0 aliphatic rings. The first kappa shape index (κ1) is 16.6. The van der Waals surface area contributed by atoms with Crippen LogP contribution in [0.2, 0.25) is 0 Å². The second-order valence-electron chi connectivity index (χ2n) is 6.40. The van der Waals surface area contributed by atoms with Crippen molar-refractivity contribution in [3.63, 3.8) is 0 Å². The van der Waals surface area contributed by atoms with Gasteiger partial charge in [-0.3, -0.25) is 0 Å². The van der Waals surface area contributed by atoms with E-state index < -0.39 is 0 Å². The third-order valence-electron chi connectivity index (χ3n) is 4.70. The van der Waals surface area contributed by atoms with Gasteiger partial charge in [-0.05, 0) is 59.7 Å². The first-order chi connectivity index (χ1) is 11.9. The normalized spacial score (nSPS) is 10.9. The van der Waals surface area contributed by atoms with Crippen LogP contribution < -0.4 is 4.74 Å². The average Bonchev–Trinajstić information content (AvgIpc) is 2.65. The van der Waals surface area contributed by atoms with E-state index in [1.165, 1.54) is 54.0 Å². The van der Waals surface area contributed by atoms with Crippen molar-refractivity contribution in [1.29, 1.82) is 0 Å². The summed E-state index contributed by atoms with van der Waals surface area (Å²) >= 11 is 0. The van der Waals surface area contributed by atoms with E-state index >= 15 is 0 Å². The Kier molecular flexibility index (Phi) is 5.90. The van der Waals surface area contributed by atoms with Crippen LogP contribution in [-0.4, -0.2) is 7.11 Å². The van der Waals surface area contributed by atoms with Crippen LogP contribution in [0.5, 0.6) is 5.75 Å². The third-order valence-corrected chi connectivity index (χ3v) is 4.70. The van der Waals surface area contributed by atoms with Crippen LogP contribution in [-0.2, 0) is 12.8 Å². The highest BCUT2D eigenvalue weighted by Gasteiger charge is 2.00. The van der Waals surface area contributed by atoms with Gasteiger partial charge in [0, 0.05) is 0 Å². The van der Waals surface area contributed by atoms with Crippen LogP contribution in [0, 0.1) is 0 Å². The molecule has 3 rings (SSSR count). The quantitative estimate of drug-likeness (QED) is 0.450. The first-order valence-corrected chi connectivity index (χ1v) is 8.96. The number of rotatable bonds is 8. The minimum absolute atomic E-state index is 0.939. The maximum atomic E-state index is 5.20. The van der Waals surface area contributed by atoms with E-state index in [0.717, 1.165) is 12.2 Å². The minimum Gasteiger partial charge on any atom is -0.497 e. The van der Waals surface area contributed by atoms with Gasteiger partial charge in [-0.15, -0.1) is 0 Å². The highest BCUT2D eigenvalue weighted by molar-refractivity contribution is 5.85. The Morgan fingerprint density at radius 2 is 1.38 bits per heavy atom. The molecule has 0 radical (unpaired) electrons. The van der Waals surface area contributed by atoms with Crippen LogP contribution in [0.4, 0.5) is 0 Å². The van der Waals surface area contributed by atoms with Crippen molar-refractivity contribution in [2.75, 3.05) is 7.11 Å². The molecular formula is C23H26O. The summed E-state index contributed by atoms with van der Waals surface area (Å²) < 4.78 is 5.20. The maximum Gasteiger partial charge on any atom is 0.118 e. The number of hydrogen-bond donors (Lipinski definition) is 0. The van der Waals surface area contributed by atoms with E-state index in [4.69, 9.17) is 4.74 Å². The van der Waals surface area contributed by atoms with Gasteiger partial charge < -0.3 is 4.74 Å². The van der Waals surface area contributed by atoms with Gasteiger partial charge in [-0.25, -0.2) is 0 Å². The molecule has 124 valence electrons. The Bertz CT molecular complexity index is 753. The molecule has 3 aromatic carbocycles. The van der Waals surface area contributed by atoms with Gasteiger partial charge in [-0.2, -0.15) is 0 Å². The molecule has 1 nitrogen and oxygen atoms in total. The molecular weight excluding hydrogens is 292 g/mol. The fourth-order valence-electron chi connectivity index (χ4n) is 3.30. The molecule has 0 aliphatic carbocycles. The van der Waals surface area contributed by atoms with Gasteiger partial charge in [0.2, 0.25) is 0 Å². The molecule has 0 atom stereocenters. The molecule has 0 bridgehead atoms. The summed E-state index contributed by atoms with van der Waals surface area (Å²) in [4.78, 5) is 0. The highest BCUT2D eigenvalue weighted by Crippen LogP contribution is 2.21. The molecule has 0 saturated heterocycles. The lowest BCUT2D eigenvalue weighted by molar-refractivity contribution is 0.414. The van der Waals surface area contributed by atoms with Crippen molar-refractivity contribution in [2.24, 2.45) is 0 Å². The molecule has 1 heteroatoms. The molecule has 0 amide bonds. The molecule has 0 spiro atoms. The van der Waals surface area contributed by atoms with Gasteiger partial charge in [0.1, 0.15) is 5.75 Å². The largest absolute Gasteiger partial charge is 0.497 e. The van der Waals surface area contributed by atoms with Crippen molar-refractivity contribution in [3.05, 3.63) is 77.9 Å². The van der Waals surface area contributed by atoms with Gasteiger partial charge in [0.05, 0.1) is 7.11 Å². The maximum absolute atomic E-state index is 5.20. The van der Waals surface area contributed by atoms with Gasteiger partial charge in [-0.1, -0.05) is 67.4 Å². The first-order valence-electron chi connectivity index (χ1n) is 8.96. The summed E-state index contributed by atoms with van der Waals surface area (Å²) in [5, 5.41) is 2.77. The van der Waals surface area contributed by atoms with Crippen LogP contribution in [0.15, 0.2) is 66.7 Å². The molecule has 0 aromatic heterocycles. The van der Waals surface area contributed by atoms with E-state index in [2.05, 4.69) is 66.7 Å². The number of unbranched alkanes of at least 4 members (excludes halogenated alkanes) is 3. The molecule has 0 aliphatic heterocycles. The summed E-state index contributed by atoms with van der Waals surface area (Å²) in [6, 6.07) is 23.8. The van der Waals surface area contributed by atoms with Crippen LogP contribution in [0.1, 0.15) is 36.8 Å². The smallest absolute Gasteiger partial charge is 0.118 e. The van der Waals surface area contributed by atoms with Gasteiger partial charge in [0.25, 0.3) is 0 Å². The Hall–Kier alpha value is -2.28. The number of aryl methyl sites for hydroxylation is 2. The molecule has 0 unspecified atom stereocenters. The topological polar surface area (TPSA) is 9.23 Å². The van der Waals surface area contributed by atoms with Crippen molar-refractivity contribution in [2.45, 2.75) is 38.5 Å². The summed E-state index contributed by atoms with van der Waals surface area (Å²) in [5.41, 5.74) is 2.90. The fraction of sp³-hybridized carbons (Fsp3) is 0.304. The van der Waals surface area contributed by atoms with E-state index in [0.29, 0.717) is 0 Å². The van der Waals surface area contributed by atoms with E-state index in [-0.39, 0.29) is 0 Å². The molecule has 3 aromatic rings. The van der Waals surface area contributed by atoms with Crippen molar-refractivity contribution >= 4 is 10.8 Å². The zero-order valence-corrected chi connectivity index (χ0v) is 14.5. The predicted octanol–water partition coefficient (Wildman–Crippen LogP) is 6.19. The van der Waals surface area contributed by atoms with E-state index in [9.17, 15) is 0 Å². The lowest BCUT2D eigenvalue weighted by Crippen LogP contribution is -1.90. The predicted molar refractivity (Wildman–Crippen MR) is 103 cm³/mol. The van der Waals surface area contributed by atoms with Crippen molar-refractivity contribution in [3.8, 4) is 5.75 Å². The second kappa shape index (κ2) is 8.54. The number of fused-ring (bicyclic) bond motifs is 1. The molecule has 0 heterocycles. The summed E-state index contributed by atoms with van der Waals surface area (Å²) in [5.74, 6) is 0.939. The third kappa shape index (κ3) is 4.38. The van der Waals surface area contributed by atoms with Crippen LogP contribution in [0.25, 0.3) is 10.8 Å².